The average Bonchev–Trinajstić information content (AvgIpc) is 2.76. The minimum absolute atomic E-state index is 0.0815. The van der Waals surface area contributed by atoms with Gasteiger partial charge in [0.1, 0.15) is 0 Å². The summed E-state index contributed by atoms with van der Waals surface area (Å²) in [5.41, 5.74) is 0.998. The van der Waals surface area contributed by atoms with E-state index in [-0.39, 0.29) is 5.82 Å². The number of nitro groups is 1. The molecule has 4 heterocycles. The highest BCUT2D eigenvalue weighted by molar-refractivity contribution is 7.99. The largest absolute Gasteiger partial charge is 0.368 e. The molecule has 0 aliphatic carbocycles. The summed E-state index contributed by atoms with van der Waals surface area (Å²) in [6.07, 6.45) is 8.04. The minimum Gasteiger partial charge on any atom is -0.368 e. The molecule has 0 amide bonds. The van der Waals surface area contributed by atoms with E-state index in [0.717, 1.165) is 18.8 Å². The van der Waals surface area contributed by atoms with Gasteiger partial charge in [-0.15, -0.1) is 0 Å². The summed E-state index contributed by atoms with van der Waals surface area (Å²) >= 11 is 2.03. The van der Waals surface area contributed by atoms with Crippen LogP contribution in [0.1, 0.15) is 32.1 Å². The lowest BCUT2D eigenvalue weighted by atomic mass is 9.99. The van der Waals surface area contributed by atoms with Crippen LogP contribution in [-0.2, 0) is 0 Å². The second kappa shape index (κ2) is 10.8. The predicted octanol–water partition coefficient (Wildman–Crippen LogP) is 2.77. The molecule has 27 heavy (non-hydrogen) atoms. The molecule has 0 saturated carbocycles. The van der Waals surface area contributed by atoms with Gasteiger partial charge >= 0.3 is 5.82 Å². The van der Waals surface area contributed by atoms with Crippen molar-refractivity contribution in [3.8, 4) is 0 Å². The Balaban J connectivity index is 0.000000299. The smallest absolute Gasteiger partial charge is 0.363 e. The van der Waals surface area contributed by atoms with E-state index < -0.39 is 4.92 Å². The summed E-state index contributed by atoms with van der Waals surface area (Å²) < 4.78 is 0. The standard InChI is InChI=1S/C15H22N4O2.C4H9NS/c20-19(21)15-5-4-14(12-16-15)18-10-6-13(7-11-18)17-8-2-1-3-9-17;1-3-6-4-2-5-1/h4-5,12-13H,1-3,6-11H2;5H,1-4H2. The lowest BCUT2D eigenvalue weighted by Gasteiger charge is -2.40. The molecule has 0 bridgehead atoms. The molecule has 3 fully saturated rings. The van der Waals surface area contributed by atoms with Crippen LogP contribution in [0.3, 0.4) is 0 Å². The number of thioether (sulfide) groups is 1. The van der Waals surface area contributed by atoms with E-state index in [9.17, 15) is 10.1 Å². The first-order chi connectivity index (χ1) is 13.2. The number of aromatic nitrogens is 1. The van der Waals surface area contributed by atoms with Crippen molar-refractivity contribution in [2.75, 3.05) is 55.7 Å². The van der Waals surface area contributed by atoms with Crippen LogP contribution in [0.25, 0.3) is 0 Å². The molecule has 3 aliphatic rings. The molecule has 0 spiro atoms. The Morgan fingerprint density at radius 3 is 2.26 bits per heavy atom. The van der Waals surface area contributed by atoms with Crippen LogP contribution in [0.4, 0.5) is 11.5 Å². The van der Waals surface area contributed by atoms with Gasteiger partial charge in [-0.3, -0.25) is 0 Å². The summed E-state index contributed by atoms with van der Waals surface area (Å²) in [6.45, 7) is 6.96. The lowest BCUT2D eigenvalue weighted by molar-refractivity contribution is -0.389. The Bertz CT molecular complexity index is 556. The highest BCUT2D eigenvalue weighted by Crippen LogP contribution is 2.25. The molecule has 0 aromatic carbocycles. The van der Waals surface area contributed by atoms with Crippen molar-refractivity contribution in [2.24, 2.45) is 0 Å². The molecule has 0 atom stereocenters. The van der Waals surface area contributed by atoms with Crippen molar-refractivity contribution in [1.82, 2.24) is 15.2 Å². The third-order valence-corrected chi connectivity index (χ3v) is 6.49. The number of nitrogens with zero attached hydrogens (tertiary/aromatic N) is 4. The molecule has 3 saturated heterocycles. The maximum Gasteiger partial charge on any atom is 0.363 e. The summed E-state index contributed by atoms with van der Waals surface area (Å²) in [5.74, 6) is 2.53. The quantitative estimate of drug-likeness (QED) is 0.625. The van der Waals surface area contributed by atoms with Crippen LogP contribution < -0.4 is 10.2 Å². The Morgan fingerprint density at radius 1 is 1.07 bits per heavy atom. The van der Waals surface area contributed by atoms with E-state index in [2.05, 4.69) is 20.1 Å². The Labute approximate surface area is 166 Å². The third-order valence-electron chi connectivity index (χ3n) is 5.50. The first kappa shape index (κ1) is 20.4. The van der Waals surface area contributed by atoms with Gasteiger partial charge in [-0.05, 0) is 54.7 Å². The van der Waals surface area contributed by atoms with Gasteiger partial charge < -0.3 is 25.2 Å². The van der Waals surface area contributed by atoms with Crippen LogP contribution in [0.2, 0.25) is 0 Å². The van der Waals surface area contributed by atoms with Crippen LogP contribution in [0.15, 0.2) is 18.3 Å². The SMILES string of the molecule is C1CSCCN1.O=[N+]([O-])c1ccc(N2CCC(N3CCCCC3)CC2)cn1. The topological polar surface area (TPSA) is 74.5 Å². The monoisotopic (exact) mass is 393 g/mol. The molecule has 0 unspecified atom stereocenters. The Hall–Kier alpha value is -1.38. The predicted molar refractivity (Wildman–Crippen MR) is 112 cm³/mol. The molecular weight excluding hydrogens is 362 g/mol. The molecule has 1 aromatic rings. The van der Waals surface area contributed by atoms with E-state index in [1.807, 2.05) is 17.8 Å². The molecule has 4 rings (SSSR count). The van der Waals surface area contributed by atoms with E-state index in [4.69, 9.17) is 0 Å². The fourth-order valence-electron chi connectivity index (χ4n) is 3.96. The van der Waals surface area contributed by atoms with Crippen molar-refractivity contribution in [3.63, 3.8) is 0 Å². The van der Waals surface area contributed by atoms with Gasteiger partial charge in [0.2, 0.25) is 0 Å². The second-order valence-electron chi connectivity index (χ2n) is 7.31. The number of piperidine rings is 2. The highest BCUT2D eigenvalue weighted by atomic mass is 32.2. The normalized spacial score (nSPS) is 22.0. The van der Waals surface area contributed by atoms with Crippen molar-refractivity contribution < 1.29 is 4.92 Å². The fraction of sp³-hybridized carbons (Fsp3) is 0.737. The molecule has 0 radical (unpaired) electrons. The number of pyridine rings is 1. The van der Waals surface area contributed by atoms with Crippen molar-refractivity contribution in [3.05, 3.63) is 28.4 Å². The van der Waals surface area contributed by atoms with Crippen LogP contribution in [-0.4, -0.2) is 71.6 Å². The van der Waals surface area contributed by atoms with Gasteiger partial charge in [0, 0.05) is 49.8 Å². The zero-order valence-corrected chi connectivity index (χ0v) is 16.8. The molecule has 1 aromatic heterocycles. The van der Waals surface area contributed by atoms with Gasteiger partial charge in [-0.25, -0.2) is 0 Å². The Kier molecular flexibility index (Phi) is 8.16. The van der Waals surface area contributed by atoms with Gasteiger partial charge in [0.05, 0.1) is 5.69 Å². The van der Waals surface area contributed by atoms with E-state index in [1.54, 1.807) is 6.20 Å². The highest BCUT2D eigenvalue weighted by Gasteiger charge is 2.26. The van der Waals surface area contributed by atoms with Crippen LogP contribution in [0.5, 0.6) is 0 Å². The van der Waals surface area contributed by atoms with Gasteiger partial charge in [-0.1, -0.05) is 6.42 Å². The molecular formula is C19H31N5O2S. The van der Waals surface area contributed by atoms with E-state index in [1.165, 1.54) is 75.9 Å². The van der Waals surface area contributed by atoms with Crippen molar-refractivity contribution in [2.45, 2.75) is 38.1 Å². The fourth-order valence-corrected chi connectivity index (χ4v) is 4.74. The van der Waals surface area contributed by atoms with Gasteiger partial charge in [0.15, 0.2) is 6.20 Å². The first-order valence-electron chi connectivity index (χ1n) is 10.1. The number of rotatable bonds is 3. The number of hydrogen-bond donors (Lipinski definition) is 1. The molecule has 3 aliphatic heterocycles. The number of hydrogen-bond acceptors (Lipinski definition) is 7. The maximum absolute atomic E-state index is 10.6. The van der Waals surface area contributed by atoms with E-state index in [0.29, 0.717) is 6.04 Å². The summed E-state index contributed by atoms with van der Waals surface area (Å²) in [5, 5.41) is 13.9. The van der Waals surface area contributed by atoms with Crippen molar-refractivity contribution in [1.29, 1.82) is 0 Å². The summed E-state index contributed by atoms with van der Waals surface area (Å²) in [4.78, 5) is 19.0. The van der Waals surface area contributed by atoms with Crippen LogP contribution in [0, 0.1) is 10.1 Å². The minimum atomic E-state index is -0.452. The zero-order chi connectivity index (χ0) is 18.9. The molecule has 7 nitrogen and oxygen atoms in total. The second-order valence-corrected chi connectivity index (χ2v) is 8.53. The average molecular weight is 394 g/mol. The summed E-state index contributed by atoms with van der Waals surface area (Å²) in [7, 11) is 0. The zero-order valence-electron chi connectivity index (χ0n) is 16.0. The van der Waals surface area contributed by atoms with Crippen LogP contribution >= 0.6 is 11.8 Å². The summed E-state index contributed by atoms with van der Waals surface area (Å²) in [6, 6.07) is 4.02. The molecule has 150 valence electrons. The molecule has 1 N–H and O–H groups in total. The number of likely N-dealkylation sites (tertiary alicyclic amines) is 1. The van der Waals surface area contributed by atoms with Gasteiger partial charge in [-0.2, -0.15) is 11.8 Å². The lowest BCUT2D eigenvalue weighted by Crippen LogP contribution is -2.46. The van der Waals surface area contributed by atoms with E-state index >= 15 is 0 Å². The number of nitrogens with one attached hydrogen (secondary N) is 1. The maximum atomic E-state index is 10.6. The van der Waals surface area contributed by atoms with Gasteiger partial charge in [0.25, 0.3) is 0 Å². The number of anilines is 1. The third kappa shape index (κ3) is 6.33. The molecule has 8 heteroatoms. The van der Waals surface area contributed by atoms with Crippen molar-refractivity contribution >= 4 is 23.3 Å². The first-order valence-corrected chi connectivity index (χ1v) is 11.3. The Morgan fingerprint density at radius 2 is 1.78 bits per heavy atom.